The number of rotatable bonds is 3. The normalized spacial score (nSPS) is 12.7. The zero-order valence-corrected chi connectivity index (χ0v) is 10.8. The van der Waals surface area contributed by atoms with Gasteiger partial charge < -0.3 is 4.42 Å². The first-order valence-corrected chi connectivity index (χ1v) is 6.29. The van der Waals surface area contributed by atoms with E-state index in [1.165, 1.54) is 0 Å². The van der Waals surface area contributed by atoms with Gasteiger partial charge in [0.1, 0.15) is 17.4 Å². The summed E-state index contributed by atoms with van der Waals surface area (Å²) in [4.78, 5) is 0. The minimum absolute atomic E-state index is 0.131. The van der Waals surface area contributed by atoms with Gasteiger partial charge in [-0.15, -0.1) is 0 Å². The largest absolute Gasteiger partial charge is 0.459 e. The third-order valence-corrected chi connectivity index (χ3v) is 3.34. The van der Waals surface area contributed by atoms with Gasteiger partial charge in [-0.05, 0) is 24.1 Å². The second-order valence-corrected chi connectivity index (χ2v) is 4.65. The highest BCUT2D eigenvalue weighted by Gasteiger charge is 2.17. The lowest BCUT2D eigenvalue weighted by Gasteiger charge is -2.13. The Kier molecular flexibility index (Phi) is 3.07. The Hall–Kier alpha value is -2.10. The van der Waals surface area contributed by atoms with E-state index < -0.39 is 0 Å². The molecule has 1 aromatic heterocycles. The number of furan rings is 1. The number of aryl methyl sites for hydroxylation is 1. The van der Waals surface area contributed by atoms with Gasteiger partial charge in [0.15, 0.2) is 0 Å². The Labute approximate surface area is 112 Å². The quantitative estimate of drug-likeness (QED) is 0.555. The number of para-hydroxylation sites is 1. The number of hydrazine groups is 1. The molecule has 0 spiro atoms. The van der Waals surface area contributed by atoms with E-state index in [-0.39, 0.29) is 6.04 Å². The van der Waals surface area contributed by atoms with E-state index in [1.54, 1.807) is 0 Å². The van der Waals surface area contributed by atoms with Crippen LogP contribution in [0.5, 0.6) is 0 Å². The Morgan fingerprint density at radius 3 is 2.53 bits per heavy atom. The summed E-state index contributed by atoms with van der Waals surface area (Å²) in [6, 6.07) is 18.1. The van der Waals surface area contributed by atoms with Crippen molar-refractivity contribution in [2.45, 2.75) is 13.0 Å². The molecule has 3 nitrogen and oxygen atoms in total. The summed E-state index contributed by atoms with van der Waals surface area (Å²) in [5.74, 6) is 6.52. The lowest BCUT2D eigenvalue weighted by atomic mass is 10.1. The molecule has 0 aliphatic carbocycles. The van der Waals surface area contributed by atoms with E-state index in [0.29, 0.717) is 0 Å². The Balaban J connectivity index is 2.09. The van der Waals surface area contributed by atoms with Gasteiger partial charge in [-0.3, -0.25) is 5.84 Å². The van der Waals surface area contributed by atoms with Gasteiger partial charge in [-0.2, -0.15) is 0 Å². The van der Waals surface area contributed by atoms with E-state index in [1.807, 2.05) is 61.5 Å². The molecule has 0 bridgehead atoms. The van der Waals surface area contributed by atoms with Crippen molar-refractivity contribution >= 4 is 11.0 Å². The van der Waals surface area contributed by atoms with Crippen LogP contribution in [0.15, 0.2) is 59.0 Å². The monoisotopic (exact) mass is 252 g/mol. The number of nitrogens with two attached hydrogens (primary N) is 1. The van der Waals surface area contributed by atoms with Crippen LogP contribution in [0.25, 0.3) is 11.0 Å². The molecule has 19 heavy (non-hydrogen) atoms. The van der Waals surface area contributed by atoms with Crippen LogP contribution in [0.2, 0.25) is 0 Å². The highest BCUT2D eigenvalue weighted by molar-refractivity contribution is 5.81. The SMILES string of the molecule is Cc1cccc2cc(C(NN)c3ccccc3)oc12. The molecule has 0 fully saturated rings. The lowest BCUT2D eigenvalue weighted by Crippen LogP contribution is -2.28. The maximum Gasteiger partial charge on any atom is 0.137 e. The molecule has 0 saturated carbocycles. The van der Waals surface area contributed by atoms with E-state index in [0.717, 1.165) is 27.9 Å². The first-order chi connectivity index (χ1) is 9.29. The van der Waals surface area contributed by atoms with Crippen LogP contribution in [0.3, 0.4) is 0 Å². The summed E-state index contributed by atoms with van der Waals surface area (Å²) in [5.41, 5.74) is 5.96. The Morgan fingerprint density at radius 2 is 1.84 bits per heavy atom. The number of hydrogen-bond acceptors (Lipinski definition) is 3. The molecule has 3 heteroatoms. The lowest BCUT2D eigenvalue weighted by molar-refractivity contribution is 0.476. The molecule has 3 N–H and O–H groups in total. The van der Waals surface area contributed by atoms with E-state index in [4.69, 9.17) is 10.3 Å². The minimum Gasteiger partial charge on any atom is -0.459 e. The zero-order chi connectivity index (χ0) is 13.2. The Bertz CT molecular complexity index is 688. The van der Waals surface area contributed by atoms with Gasteiger partial charge >= 0.3 is 0 Å². The third-order valence-electron chi connectivity index (χ3n) is 3.34. The fourth-order valence-electron chi connectivity index (χ4n) is 2.36. The average molecular weight is 252 g/mol. The van der Waals surface area contributed by atoms with Gasteiger partial charge in [0, 0.05) is 5.39 Å². The molecule has 2 aromatic carbocycles. The predicted molar refractivity (Wildman–Crippen MR) is 76.6 cm³/mol. The molecule has 0 aliphatic heterocycles. The molecule has 1 atom stereocenters. The fraction of sp³-hybridized carbons (Fsp3) is 0.125. The maximum atomic E-state index is 5.96. The summed E-state index contributed by atoms with van der Waals surface area (Å²) in [6.45, 7) is 2.04. The van der Waals surface area contributed by atoms with Gasteiger partial charge in [-0.1, -0.05) is 48.5 Å². The summed E-state index contributed by atoms with van der Waals surface area (Å²) in [6.07, 6.45) is 0. The van der Waals surface area contributed by atoms with E-state index in [2.05, 4.69) is 5.43 Å². The van der Waals surface area contributed by atoms with Crippen molar-refractivity contribution < 1.29 is 4.42 Å². The van der Waals surface area contributed by atoms with Crippen molar-refractivity contribution in [1.82, 2.24) is 5.43 Å². The summed E-state index contributed by atoms with van der Waals surface area (Å²) >= 11 is 0. The van der Waals surface area contributed by atoms with Crippen molar-refractivity contribution in [1.29, 1.82) is 0 Å². The van der Waals surface area contributed by atoms with Crippen LogP contribution < -0.4 is 11.3 Å². The Morgan fingerprint density at radius 1 is 1.05 bits per heavy atom. The summed E-state index contributed by atoms with van der Waals surface area (Å²) in [5, 5.41) is 1.10. The van der Waals surface area contributed by atoms with Crippen LogP contribution in [0.1, 0.15) is 22.9 Å². The highest BCUT2D eigenvalue weighted by atomic mass is 16.3. The van der Waals surface area contributed by atoms with Gasteiger partial charge in [-0.25, -0.2) is 5.43 Å². The number of hydrogen-bond donors (Lipinski definition) is 2. The average Bonchev–Trinajstić information content (AvgIpc) is 2.86. The van der Waals surface area contributed by atoms with Crippen LogP contribution in [0, 0.1) is 6.92 Å². The minimum atomic E-state index is -0.131. The molecule has 3 rings (SSSR count). The van der Waals surface area contributed by atoms with E-state index in [9.17, 15) is 0 Å². The molecule has 96 valence electrons. The number of nitrogens with one attached hydrogen (secondary N) is 1. The number of fused-ring (bicyclic) bond motifs is 1. The summed E-state index contributed by atoms with van der Waals surface area (Å²) in [7, 11) is 0. The van der Waals surface area contributed by atoms with Crippen molar-refractivity contribution in [3.63, 3.8) is 0 Å². The second-order valence-electron chi connectivity index (χ2n) is 4.65. The predicted octanol–water partition coefficient (Wildman–Crippen LogP) is 3.29. The van der Waals surface area contributed by atoms with Crippen molar-refractivity contribution in [2.24, 2.45) is 5.84 Å². The maximum absolute atomic E-state index is 5.96. The smallest absolute Gasteiger partial charge is 0.137 e. The first kappa shape index (κ1) is 12.0. The number of benzene rings is 2. The molecular formula is C16H16N2O. The third kappa shape index (κ3) is 2.14. The summed E-state index contributed by atoms with van der Waals surface area (Å²) < 4.78 is 5.96. The van der Waals surface area contributed by atoms with Crippen LogP contribution in [-0.4, -0.2) is 0 Å². The fourth-order valence-corrected chi connectivity index (χ4v) is 2.36. The van der Waals surface area contributed by atoms with Gasteiger partial charge in [0.2, 0.25) is 0 Å². The highest BCUT2D eigenvalue weighted by Crippen LogP contribution is 2.29. The van der Waals surface area contributed by atoms with Crippen molar-refractivity contribution in [2.75, 3.05) is 0 Å². The van der Waals surface area contributed by atoms with Gasteiger partial charge in [0.05, 0.1) is 0 Å². The molecule has 1 unspecified atom stereocenters. The van der Waals surface area contributed by atoms with E-state index >= 15 is 0 Å². The topological polar surface area (TPSA) is 51.2 Å². The standard InChI is InChI=1S/C16H16N2O/c1-11-6-5-9-13-10-14(19-16(11)13)15(18-17)12-7-3-2-4-8-12/h2-10,15,18H,17H2,1H3. The van der Waals surface area contributed by atoms with Crippen molar-refractivity contribution in [3.05, 3.63) is 71.5 Å². The molecule has 0 saturated heterocycles. The van der Waals surface area contributed by atoms with Crippen LogP contribution in [-0.2, 0) is 0 Å². The molecule has 0 aliphatic rings. The first-order valence-electron chi connectivity index (χ1n) is 6.29. The molecule has 0 radical (unpaired) electrons. The molecule has 1 heterocycles. The van der Waals surface area contributed by atoms with Crippen molar-refractivity contribution in [3.8, 4) is 0 Å². The molecule has 3 aromatic rings. The zero-order valence-electron chi connectivity index (χ0n) is 10.8. The molecular weight excluding hydrogens is 236 g/mol. The van der Waals surface area contributed by atoms with Crippen LogP contribution in [0.4, 0.5) is 0 Å². The van der Waals surface area contributed by atoms with Crippen LogP contribution >= 0.6 is 0 Å². The van der Waals surface area contributed by atoms with Gasteiger partial charge in [0.25, 0.3) is 0 Å². The second kappa shape index (κ2) is 4.88. The molecule has 0 amide bonds.